The van der Waals surface area contributed by atoms with Gasteiger partial charge in [-0.3, -0.25) is 4.90 Å². The van der Waals surface area contributed by atoms with E-state index in [1.807, 2.05) is 12.1 Å². The van der Waals surface area contributed by atoms with Crippen LogP contribution in [0.1, 0.15) is 37.8 Å². The van der Waals surface area contributed by atoms with Gasteiger partial charge in [0.15, 0.2) is 5.96 Å². The van der Waals surface area contributed by atoms with Crippen molar-refractivity contribution < 1.29 is 9.47 Å². The summed E-state index contributed by atoms with van der Waals surface area (Å²) in [6, 6.07) is 19.8. The van der Waals surface area contributed by atoms with Crippen molar-refractivity contribution >= 4 is 29.9 Å². The Morgan fingerprint density at radius 2 is 1.82 bits per heavy atom. The zero-order chi connectivity index (χ0) is 22.6. The van der Waals surface area contributed by atoms with Crippen molar-refractivity contribution in [2.24, 2.45) is 4.99 Å². The molecule has 2 atom stereocenters. The van der Waals surface area contributed by atoms with E-state index in [2.05, 4.69) is 71.8 Å². The number of methoxy groups -OCH3 is 1. The van der Waals surface area contributed by atoms with E-state index >= 15 is 0 Å². The first-order chi connectivity index (χ1) is 15.7. The van der Waals surface area contributed by atoms with Crippen molar-refractivity contribution in [3.63, 3.8) is 0 Å². The molecular formula is C26H39IN4O2. The Bertz CT molecular complexity index is 817. The van der Waals surface area contributed by atoms with E-state index in [4.69, 9.17) is 14.5 Å². The highest BCUT2D eigenvalue weighted by Gasteiger charge is 2.25. The molecule has 2 N–H and O–H groups in total. The number of halogens is 1. The van der Waals surface area contributed by atoms with E-state index in [1.165, 1.54) is 5.56 Å². The van der Waals surface area contributed by atoms with Crippen LogP contribution in [0.4, 0.5) is 0 Å². The minimum atomic E-state index is 0. The lowest BCUT2D eigenvalue weighted by atomic mass is 9.97. The lowest BCUT2D eigenvalue weighted by Gasteiger charge is -2.38. The Hall–Kier alpha value is -1.84. The number of hydrogen-bond acceptors (Lipinski definition) is 4. The van der Waals surface area contributed by atoms with Crippen molar-refractivity contribution in [2.75, 3.05) is 33.4 Å². The predicted molar refractivity (Wildman–Crippen MR) is 147 cm³/mol. The van der Waals surface area contributed by atoms with Crippen LogP contribution >= 0.6 is 24.0 Å². The maximum Gasteiger partial charge on any atom is 0.191 e. The number of benzene rings is 2. The van der Waals surface area contributed by atoms with Crippen LogP contribution in [0.5, 0.6) is 5.75 Å². The van der Waals surface area contributed by atoms with Gasteiger partial charge in [-0.25, -0.2) is 4.99 Å². The maximum absolute atomic E-state index is 5.63. The summed E-state index contributed by atoms with van der Waals surface area (Å²) in [5, 5.41) is 7.06. The molecule has 2 aromatic rings. The number of ether oxygens (including phenoxy) is 2. The normalized spacial score (nSPS) is 18.9. The van der Waals surface area contributed by atoms with Gasteiger partial charge in [-0.05, 0) is 49.9 Å². The first kappa shape index (κ1) is 27.4. The molecule has 1 aliphatic heterocycles. The van der Waals surface area contributed by atoms with E-state index in [0.29, 0.717) is 31.8 Å². The number of aliphatic imine (C=N–C) groups is 1. The van der Waals surface area contributed by atoms with Crippen LogP contribution < -0.4 is 15.4 Å². The monoisotopic (exact) mass is 566 g/mol. The van der Waals surface area contributed by atoms with Crippen LogP contribution in [-0.4, -0.2) is 56.4 Å². The van der Waals surface area contributed by atoms with E-state index in [1.54, 1.807) is 7.11 Å². The molecule has 33 heavy (non-hydrogen) atoms. The molecule has 3 rings (SSSR count). The summed E-state index contributed by atoms with van der Waals surface area (Å²) in [6.07, 6.45) is 2.24. The summed E-state index contributed by atoms with van der Waals surface area (Å²) in [4.78, 5) is 7.39. The lowest BCUT2D eigenvalue weighted by molar-refractivity contribution is 0.134. The fourth-order valence-corrected chi connectivity index (χ4v) is 4.02. The van der Waals surface area contributed by atoms with Gasteiger partial charge in [0.25, 0.3) is 0 Å². The number of rotatable bonds is 10. The van der Waals surface area contributed by atoms with Gasteiger partial charge in [-0.1, -0.05) is 42.5 Å². The molecular weight excluding hydrogens is 527 g/mol. The predicted octanol–water partition coefficient (Wildman–Crippen LogP) is 4.44. The molecule has 0 amide bonds. The highest BCUT2D eigenvalue weighted by atomic mass is 127. The zero-order valence-corrected chi connectivity index (χ0v) is 22.5. The van der Waals surface area contributed by atoms with Crippen LogP contribution in [0.25, 0.3) is 0 Å². The molecule has 6 nitrogen and oxygen atoms in total. The van der Waals surface area contributed by atoms with E-state index in [0.717, 1.165) is 49.7 Å². The fraction of sp³-hybridized carbons (Fsp3) is 0.500. The van der Waals surface area contributed by atoms with Gasteiger partial charge in [0.05, 0.1) is 13.2 Å². The van der Waals surface area contributed by atoms with Crippen molar-refractivity contribution in [2.45, 2.75) is 51.9 Å². The fourth-order valence-electron chi connectivity index (χ4n) is 4.02. The van der Waals surface area contributed by atoms with Crippen molar-refractivity contribution in [1.82, 2.24) is 15.5 Å². The van der Waals surface area contributed by atoms with Crippen LogP contribution in [0.2, 0.25) is 0 Å². The van der Waals surface area contributed by atoms with E-state index in [9.17, 15) is 0 Å². The SMILES string of the molecule is CCNC(=NCc1ccc(OCCOC)cc1)NC1CCN(Cc2ccccc2)C(C)C1.I. The second-order valence-corrected chi connectivity index (χ2v) is 8.35. The third-order valence-corrected chi connectivity index (χ3v) is 5.83. The van der Waals surface area contributed by atoms with Gasteiger partial charge in [0, 0.05) is 38.8 Å². The number of guanidine groups is 1. The summed E-state index contributed by atoms with van der Waals surface area (Å²) in [5.74, 6) is 1.75. The largest absolute Gasteiger partial charge is 0.491 e. The molecule has 182 valence electrons. The molecule has 0 aromatic heterocycles. The van der Waals surface area contributed by atoms with Crippen molar-refractivity contribution in [3.8, 4) is 5.75 Å². The Labute approximate surface area is 216 Å². The van der Waals surface area contributed by atoms with E-state index < -0.39 is 0 Å². The molecule has 7 heteroatoms. The number of nitrogens with zero attached hydrogens (tertiary/aromatic N) is 2. The molecule has 0 aliphatic carbocycles. The summed E-state index contributed by atoms with van der Waals surface area (Å²) in [6.45, 7) is 9.19. The minimum Gasteiger partial charge on any atom is -0.491 e. The van der Waals surface area contributed by atoms with Crippen molar-refractivity contribution in [1.29, 1.82) is 0 Å². The van der Waals surface area contributed by atoms with Crippen LogP contribution in [-0.2, 0) is 17.8 Å². The van der Waals surface area contributed by atoms with Gasteiger partial charge in [-0.15, -0.1) is 24.0 Å². The molecule has 0 saturated carbocycles. The van der Waals surface area contributed by atoms with Gasteiger partial charge in [0.1, 0.15) is 12.4 Å². The van der Waals surface area contributed by atoms with Gasteiger partial charge in [0.2, 0.25) is 0 Å². The standard InChI is InChI=1S/C26H38N4O2.HI/c1-4-27-26(28-19-22-10-12-25(13-11-22)32-17-16-31-3)29-24-14-15-30(21(2)18-24)20-23-8-6-5-7-9-23;/h5-13,21,24H,4,14-20H2,1-3H3,(H2,27,28,29);1H. The Morgan fingerprint density at radius 3 is 2.48 bits per heavy atom. The van der Waals surface area contributed by atoms with Crippen molar-refractivity contribution in [3.05, 3.63) is 65.7 Å². The summed E-state index contributed by atoms with van der Waals surface area (Å²) < 4.78 is 10.6. The molecule has 0 radical (unpaired) electrons. The number of nitrogens with one attached hydrogen (secondary N) is 2. The molecule has 1 fully saturated rings. The zero-order valence-electron chi connectivity index (χ0n) is 20.1. The van der Waals surface area contributed by atoms with Crippen LogP contribution in [0.15, 0.2) is 59.6 Å². The number of likely N-dealkylation sites (tertiary alicyclic amines) is 1. The molecule has 1 saturated heterocycles. The number of hydrogen-bond donors (Lipinski definition) is 2. The summed E-state index contributed by atoms with van der Waals surface area (Å²) in [5.41, 5.74) is 2.54. The Morgan fingerprint density at radius 1 is 1.06 bits per heavy atom. The van der Waals surface area contributed by atoms with Gasteiger partial charge < -0.3 is 20.1 Å². The third-order valence-electron chi connectivity index (χ3n) is 5.83. The quantitative estimate of drug-likeness (QED) is 0.193. The first-order valence-corrected chi connectivity index (χ1v) is 11.7. The highest BCUT2D eigenvalue weighted by Crippen LogP contribution is 2.20. The van der Waals surface area contributed by atoms with Gasteiger partial charge in [-0.2, -0.15) is 0 Å². The molecule has 1 heterocycles. The molecule has 2 unspecified atom stereocenters. The van der Waals surface area contributed by atoms with E-state index in [-0.39, 0.29) is 24.0 Å². The smallest absolute Gasteiger partial charge is 0.191 e. The molecule has 0 bridgehead atoms. The maximum atomic E-state index is 5.63. The highest BCUT2D eigenvalue weighted by molar-refractivity contribution is 14.0. The van der Waals surface area contributed by atoms with Crippen LogP contribution in [0.3, 0.4) is 0 Å². The Balaban J connectivity index is 0.00000385. The molecule has 0 spiro atoms. The molecule has 2 aromatic carbocycles. The van der Waals surface area contributed by atoms with Crippen LogP contribution in [0, 0.1) is 0 Å². The average Bonchev–Trinajstić information content (AvgIpc) is 2.81. The minimum absolute atomic E-state index is 0. The van der Waals surface area contributed by atoms with Gasteiger partial charge >= 0.3 is 0 Å². The first-order valence-electron chi connectivity index (χ1n) is 11.7. The topological polar surface area (TPSA) is 58.1 Å². The number of piperidine rings is 1. The second kappa shape index (κ2) is 15.1. The third kappa shape index (κ3) is 9.51. The summed E-state index contributed by atoms with van der Waals surface area (Å²) >= 11 is 0. The summed E-state index contributed by atoms with van der Waals surface area (Å²) in [7, 11) is 1.68. The average molecular weight is 567 g/mol. The second-order valence-electron chi connectivity index (χ2n) is 8.35. The Kier molecular flexibility index (Phi) is 12.6. The lowest BCUT2D eigenvalue weighted by Crippen LogP contribution is -2.51. The molecule has 1 aliphatic rings.